The monoisotopic (exact) mass is 418 g/mol. The third kappa shape index (κ3) is 4.58. The highest BCUT2D eigenvalue weighted by Gasteiger charge is 2.18. The first-order valence-corrected chi connectivity index (χ1v) is 10.1. The van der Waals surface area contributed by atoms with Crippen LogP contribution in [0.2, 0.25) is 5.02 Å². The number of hydrogen-bond donors (Lipinski definition) is 1. The average Bonchev–Trinajstić information content (AvgIpc) is 3.19. The number of nitrogens with one attached hydrogen (secondary N) is 1. The van der Waals surface area contributed by atoms with Crippen LogP contribution in [0.1, 0.15) is 10.6 Å². The zero-order chi connectivity index (χ0) is 19.9. The van der Waals surface area contributed by atoms with Crippen LogP contribution in [-0.2, 0) is 13.0 Å². The van der Waals surface area contributed by atoms with Gasteiger partial charge in [0.25, 0.3) is 0 Å². The summed E-state index contributed by atoms with van der Waals surface area (Å²) in [5, 5.41) is 5.24. The lowest BCUT2D eigenvalue weighted by molar-refractivity contribution is 0.325. The molecule has 5 nitrogen and oxygen atoms in total. The number of nitrogens with zero attached hydrogens (tertiary/aromatic N) is 1. The number of aromatic nitrogens is 1. The fourth-order valence-corrected chi connectivity index (χ4v) is 4.07. The van der Waals surface area contributed by atoms with Crippen LogP contribution in [0.15, 0.2) is 42.6 Å². The van der Waals surface area contributed by atoms with E-state index in [0.29, 0.717) is 23.8 Å². The second-order valence-electron chi connectivity index (χ2n) is 6.02. The van der Waals surface area contributed by atoms with Crippen molar-refractivity contribution >= 4 is 22.9 Å². The van der Waals surface area contributed by atoms with Gasteiger partial charge >= 0.3 is 0 Å². The Balaban J connectivity index is 1.66. The van der Waals surface area contributed by atoms with E-state index in [9.17, 15) is 0 Å². The summed E-state index contributed by atoms with van der Waals surface area (Å²) in [6.07, 6.45) is 2.74. The molecular weight excluding hydrogens is 396 g/mol. The molecule has 0 aliphatic rings. The maximum Gasteiger partial charge on any atom is 0.203 e. The van der Waals surface area contributed by atoms with Gasteiger partial charge in [-0.3, -0.25) is 0 Å². The van der Waals surface area contributed by atoms with Crippen LogP contribution in [0.3, 0.4) is 0 Å². The van der Waals surface area contributed by atoms with Crippen molar-refractivity contribution in [1.29, 1.82) is 0 Å². The van der Waals surface area contributed by atoms with Crippen LogP contribution in [-0.4, -0.2) is 32.9 Å². The van der Waals surface area contributed by atoms with Gasteiger partial charge in [-0.1, -0.05) is 29.8 Å². The van der Waals surface area contributed by atoms with E-state index < -0.39 is 0 Å². The second kappa shape index (κ2) is 9.78. The minimum atomic E-state index is 0.579. The third-order valence-electron chi connectivity index (χ3n) is 4.33. The van der Waals surface area contributed by atoms with E-state index in [1.54, 1.807) is 32.7 Å². The molecule has 0 aliphatic carbocycles. The maximum absolute atomic E-state index is 6.20. The lowest BCUT2D eigenvalue weighted by Gasteiger charge is -2.14. The van der Waals surface area contributed by atoms with Crippen LogP contribution in [0.5, 0.6) is 17.2 Å². The van der Waals surface area contributed by atoms with E-state index in [-0.39, 0.29) is 0 Å². The van der Waals surface area contributed by atoms with Crippen LogP contribution < -0.4 is 19.5 Å². The smallest absolute Gasteiger partial charge is 0.203 e. The van der Waals surface area contributed by atoms with Crippen LogP contribution in [0.25, 0.3) is 10.4 Å². The number of benzene rings is 2. The molecule has 2 aromatic carbocycles. The fourth-order valence-electron chi connectivity index (χ4n) is 2.93. The van der Waals surface area contributed by atoms with Crippen molar-refractivity contribution < 1.29 is 14.2 Å². The summed E-state index contributed by atoms with van der Waals surface area (Å²) in [5.41, 5.74) is 2.08. The van der Waals surface area contributed by atoms with Gasteiger partial charge in [-0.2, -0.15) is 0 Å². The molecule has 1 aromatic heterocycles. The SMILES string of the molecule is COc1ccc(-c2cnc(CNCCc3ccccc3Cl)s2)c(OC)c1OC. The number of ether oxygens (including phenoxy) is 3. The van der Waals surface area contributed by atoms with Gasteiger partial charge in [0.1, 0.15) is 5.01 Å². The number of rotatable bonds is 9. The first-order chi connectivity index (χ1) is 13.7. The van der Waals surface area contributed by atoms with Gasteiger partial charge in [0.2, 0.25) is 5.75 Å². The minimum absolute atomic E-state index is 0.579. The minimum Gasteiger partial charge on any atom is -0.493 e. The summed E-state index contributed by atoms with van der Waals surface area (Å²) in [6, 6.07) is 11.7. The summed E-state index contributed by atoms with van der Waals surface area (Å²) in [6.45, 7) is 1.53. The van der Waals surface area contributed by atoms with Gasteiger partial charge in [-0.05, 0) is 36.7 Å². The molecule has 0 radical (unpaired) electrons. The number of thiazole rings is 1. The molecular formula is C21H23ClN2O3S. The molecule has 7 heteroatoms. The van der Waals surface area contributed by atoms with E-state index in [0.717, 1.165) is 39.0 Å². The van der Waals surface area contributed by atoms with E-state index in [4.69, 9.17) is 25.8 Å². The largest absolute Gasteiger partial charge is 0.493 e. The number of hydrogen-bond acceptors (Lipinski definition) is 6. The lowest BCUT2D eigenvalue weighted by Crippen LogP contribution is -2.16. The molecule has 0 unspecified atom stereocenters. The molecule has 0 saturated heterocycles. The molecule has 1 N–H and O–H groups in total. The quantitative estimate of drug-likeness (QED) is 0.505. The van der Waals surface area contributed by atoms with Crippen molar-refractivity contribution in [3.63, 3.8) is 0 Å². The highest BCUT2D eigenvalue weighted by molar-refractivity contribution is 7.15. The molecule has 3 rings (SSSR count). The van der Waals surface area contributed by atoms with E-state index in [2.05, 4.69) is 16.4 Å². The van der Waals surface area contributed by atoms with Crippen LogP contribution >= 0.6 is 22.9 Å². The van der Waals surface area contributed by atoms with Crippen LogP contribution in [0, 0.1) is 0 Å². The number of methoxy groups -OCH3 is 3. The average molecular weight is 419 g/mol. The number of halogens is 1. The zero-order valence-electron chi connectivity index (χ0n) is 16.1. The molecule has 0 spiro atoms. The zero-order valence-corrected chi connectivity index (χ0v) is 17.7. The van der Waals surface area contributed by atoms with Gasteiger partial charge in [0, 0.05) is 23.3 Å². The van der Waals surface area contributed by atoms with Gasteiger partial charge in [-0.25, -0.2) is 4.98 Å². The molecule has 0 atom stereocenters. The lowest BCUT2D eigenvalue weighted by atomic mass is 10.1. The molecule has 0 amide bonds. The van der Waals surface area contributed by atoms with Crippen molar-refractivity contribution in [2.24, 2.45) is 0 Å². The van der Waals surface area contributed by atoms with E-state index in [1.807, 2.05) is 36.5 Å². The molecule has 0 saturated carbocycles. The van der Waals surface area contributed by atoms with Gasteiger partial charge in [-0.15, -0.1) is 11.3 Å². The summed E-state index contributed by atoms with van der Waals surface area (Å²) < 4.78 is 16.4. The Morgan fingerprint density at radius 1 is 1.00 bits per heavy atom. The summed E-state index contributed by atoms with van der Waals surface area (Å²) in [4.78, 5) is 5.55. The first kappa shape index (κ1) is 20.5. The molecule has 3 aromatic rings. The van der Waals surface area contributed by atoms with E-state index >= 15 is 0 Å². The predicted octanol–water partition coefficient (Wildman–Crippen LogP) is 4.82. The molecule has 0 fully saturated rings. The fraction of sp³-hybridized carbons (Fsp3) is 0.286. The highest BCUT2D eigenvalue weighted by Crippen LogP contribution is 2.45. The highest BCUT2D eigenvalue weighted by atomic mass is 35.5. The van der Waals surface area contributed by atoms with Gasteiger partial charge in [0.05, 0.1) is 26.2 Å². The van der Waals surface area contributed by atoms with Gasteiger partial charge < -0.3 is 19.5 Å². The van der Waals surface area contributed by atoms with Crippen molar-refractivity contribution in [2.75, 3.05) is 27.9 Å². The Kier molecular flexibility index (Phi) is 7.14. The molecule has 148 valence electrons. The summed E-state index contributed by atoms with van der Waals surface area (Å²) in [5.74, 6) is 1.85. The Hall–Kier alpha value is -2.28. The molecule has 0 bridgehead atoms. The third-order valence-corrected chi connectivity index (χ3v) is 5.73. The Morgan fingerprint density at radius 3 is 2.50 bits per heavy atom. The van der Waals surface area contributed by atoms with Gasteiger partial charge in [0.15, 0.2) is 11.5 Å². The normalized spacial score (nSPS) is 10.7. The first-order valence-electron chi connectivity index (χ1n) is 8.86. The summed E-state index contributed by atoms with van der Waals surface area (Å²) >= 11 is 7.82. The van der Waals surface area contributed by atoms with Crippen molar-refractivity contribution in [3.05, 3.63) is 58.2 Å². The molecule has 28 heavy (non-hydrogen) atoms. The Labute approximate surface area is 174 Å². The Bertz CT molecular complexity index is 930. The molecule has 0 aliphatic heterocycles. The van der Waals surface area contributed by atoms with Crippen molar-refractivity contribution in [3.8, 4) is 27.7 Å². The summed E-state index contributed by atoms with van der Waals surface area (Å²) in [7, 11) is 4.83. The van der Waals surface area contributed by atoms with Crippen molar-refractivity contribution in [1.82, 2.24) is 10.3 Å². The standard InChI is InChI=1S/C21H23ClN2O3S/c1-25-17-9-8-15(20(26-2)21(17)27-3)18-12-24-19(28-18)13-23-11-10-14-6-4-5-7-16(14)22/h4-9,12,23H,10-11,13H2,1-3H3. The topological polar surface area (TPSA) is 52.6 Å². The maximum atomic E-state index is 6.20. The second-order valence-corrected chi connectivity index (χ2v) is 7.54. The van der Waals surface area contributed by atoms with Crippen molar-refractivity contribution in [2.45, 2.75) is 13.0 Å². The molecule has 1 heterocycles. The van der Waals surface area contributed by atoms with Crippen LogP contribution in [0.4, 0.5) is 0 Å². The Morgan fingerprint density at radius 2 is 1.79 bits per heavy atom. The van der Waals surface area contributed by atoms with E-state index in [1.165, 1.54) is 0 Å². The predicted molar refractivity (Wildman–Crippen MR) is 114 cm³/mol.